The van der Waals surface area contributed by atoms with Crippen molar-refractivity contribution in [3.05, 3.63) is 91.3 Å². The molecule has 7 heteroatoms. The van der Waals surface area contributed by atoms with E-state index in [1.807, 2.05) is 33.7 Å². The lowest BCUT2D eigenvalue weighted by Gasteiger charge is -2.38. The first-order chi connectivity index (χ1) is 13.3. The van der Waals surface area contributed by atoms with Gasteiger partial charge < -0.3 is 0 Å². The minimum Gasteiger partial charge on any atom is -0.298 e. The lowest BCUT2D eigenvalue weighted by Crippen LogP contribution is -2.43. The van der Waals surface area contributed by atoms with Crippen LogP contribution in [0.5, 0.6) is 0 Å². The Labute approximate surface area is 191 Å². The zero-order valence-electron chi connectivity index (χ0n) is 14.3. The average molecular weight is 488 g/mol. The van der Waals surface area contributed by atoms with Gasteiger partial charge in [-0.05, 0) is 56.9 Å². The van der Waals surface area contributed by atoms with E-state index in [2.05, 4.69) is 0 Å². The summed E-state index contributed by atoms with van der Waals surface area (Å²) in [5.74, 6) is -1.50. The van der Waals surface area contributed by atoms with Gasteiger partial charge in [-0.25, -0.2) is 0 Å². The molecule has 0 radical (unpaired) electrons. The molecule has 0 aromatic carbocycles. The molecule has 4 rings (SSSR count). The van der Waals surface area contributed by atoms with Crippen LogP contribution in [0, 0.1) is 11.8 Å². The maximum absolute atomic E-state index is 13.8. The molecule has 0 saturated heterocycles. The number of carbonyl (C=O) groups is 1. The smallest absolute Gasteiger partial charge is 0.151 e. The fraction of sp³-hybridized carbons (Fsp3) is 0.190. The third-order valence-corrected chi connectivity index (χ3v) is 8.10. The topological polar surface area (TPSA) is 17.1 Å². The molecule has 0 aliphatic heterocycles. The van der Waals surface area contributed by atoms with E-state index in [0.717, 1.165) is 11.1 Å². The molecule has 0 amide bonds. The lowest BCUT2D eigenvalue weighted by atomic mass is 9.71. The largest absolute Gasteiger partial charge is 0.298 e. The number of Topliss-reactive ketones (excluding diaryl/α,β-unsaturated/α-hetero) is 1. The van der Waals surface area contributed by atoms with Crippen molar-refractivity contribution in [2.45, 2.75) is 9.75 Å². The third-order valence-electron chi connectivity index (χ3n) is 5.07. The van der Waals surface area contributed by atoms with E-state index < -0.39 is 21.6 Å². The second kappa shape index (κ2) is 7.79. The maximum atomic E-state index is 13.8. The Hall–Kier alpha value is -0.810. The summed E-state index contributed by atoms with van der Waals surface area (Å²) >= 11 is 29.6. The van der Waals surface area contributed by atoms with Gasteiger partial charge in [0.25, 0.3) is 0 Å². The summed E-state index contributed by atoms with van der Waals surface area (Å²) in [4.78, 5) is 11.8. The predicted molar refractivity (Wildman–Crippen MR) is 122 cm³/mol. The normalized spacial score (nSPS) is 32.1. The molecular weight excluding hydrogens is 474 g/mol. The molecule has 144 valence electrons. The fourth-order valence-electron chi connectivity index (χ4n) is 3.57. The van der Waals surface area contributed by atoms with Crippen LogP contribution in [0.25, 0.3) is 0 Å². The molecule has 2 aromatic heterocycles. The maximum Gasteiger partial charge on any atom is 0.151 e. The van der Waals surface area contributed by atoms with Crippen molar-refractivity contribution in [1.29, 1.82) is 0 Å². The molecule has 0 N–H and O–H groups in total. The zero-order valence-corrected chi connectivity index (χ0v) is 19.0. The number of thiophene rings is 2. The Morgan fingerprint density at radius 1 is 0.821 bits per heavy atom. The van der Waals surface area contributed by atoms with E-state index in [1.54, 1.807) is 36.5 Å². The summed E-state index contributed by atoms with van der Waals surface area (Å²) < 4.78 is 0. The fourth-order valence-corrected chi connectivity index (χ4v) is 6.23. The zero-order chi connectivity index (χ0) is 19.9. The molecule has 4 unspecified atom stereocenters. The summed E-state index contributed by atoms with van der Waals surface area (Å²) in [6, 6.07) is 3.84. The molecule has 2 aliphatic carbocycles. The summed E-state index contributed by atoms with van der Waals surface area (Å²) in [5.41, 5.74) is 1.71. The summed E-state index contributed by atoms with van der Waals surface area (Å²) in [6.45, 7) is 0. The van der Waals surface area contributed by atoms with Gasteiger partial charge in [0.2, 0.25) is 0 Å². The highest BCUT2D eigenvalue weighted by Gasteiger charge is 2.49. The van der Waals surface area contributed by atoms with Gasteiger partial charge in [-0.15, -0.1) is 23.2 Å². The van der Waals surface area contributed by atoms with E-state index >= 15 is 0 Å². The van der Waals surface area contributed by atoms with E-state index in [9.17, 15) is 4.79 Å². The molecule has 2 heterocycles. The molecule has 0 bridgehead atoms. The molecule has 4 atom stereocenters. The number of alkyl halides is 2. The summed E-state index contributed by atoms with van der Waals surface area (Å²) in [6.07, 6.45) is 10.4. The van der Waals surface area contributed by atoms with Crippen LogP contribution in [0.15, 0.2) is 80.2 Å². The first kappa shape index (κ1) is 20.5. The van der Waals surface area contributed by atoms with Crippen molar-refractivity contribution in [3.63, 3.8) is 0 Å². The van der Waals surface area contributed by atoms with Crippen LogP contribution in [0.1, 0.15) is 11.1 Å². The number of carbonyl (C=O) groups excluding carboxylic acids is 1. The van der Waals surface area contributed by atoms with Crippen molar-refractivity contribution in [3.8, 4) is 0 Å². The molecule has 1 nitrogen and oxygen atoms in total. The van der Waals surface area contributed by atoms with Gasteiger partial charge >= 0.3 is 0 Å². The van der Waals surface area contributed by atoms with Gasteiger partial charge in [-0.1, -0.05) is 47.5 Å². The monoisotopic (exact) mass is 486 g/mol. The molecule has 0 spiro atoms. The number of allylic oxidation sites excluding steroid dienone is 8. The summed E-state index contributed by atoms with van der Waals surface area (Å²) in [7, 11) is 0. The van der Waals surface area contributed by atoms with Crippen molar-refractivity contribution in [2.75, 3.05) is 0 Å². The minimum atomic E-state index is -1.02. The minimum absolute atomic E-state index is 0.132. The van der Waals surface area contributed by atoms with E-state index in [1.165, 1.54) is 22.7 Å². The van der Waals surface area contributed by atoms with Gasteiger partial charge in [0, 0.05) is 10.1 Å². The Morgan fingerprint density at radius 2 is 1.25 bits per heavy atom. The second-order valence-electron chi connectivity index (χ2n) is 6.69. The highest BCUT2D eigenvalue weighted by atomic mass is 35.5. The molecule has 2 aliphatic rings. The predicted octanol–water partition coefficient (Wildman–Crippen LogP) is 7.56. The number of ketones is 1. The standard InChI is InChI=1S/C21H14Cl4OS2/c22-15-1-5-20(24,13-3-7-27-11-13)17(9-15)19(26)18-10-16(23)2-6-21(18,25)14-4-8-28-12-14/h1-12,17-18H. The van der Waals surface area contributed by atoms with Crippen molar-refractivity contribution >= 4 is 74.9 Å². The Kier molecular flexibility index (Phi) is 5.69. The van der Waals surface area contributed by atoms with E-state index in [-0.39, 0.29) is 5.78 Å². The highest BCUT2D eigenvalue weighted by molar-refractivity contribution is 7.08. The van der Waals surface area contributed by atoms with Crippen molar-refractivity contribution in [2.24, 2.45) is 11.8 Å². The highest BCUT2D eigenvalue weighted by Crippen LogP contribution is 2.50. The number of rotatable bonds is 4. The number of hydrogen-bond acceptors (Lipinski definition) is 3. The molecule has 2 aromatic rings. The van der Waals surface area contributed by atoms with Gasteiger partial charge in [-0.2, -0.15) is 22.7 Å². The molecule has 0 saturated carbocycles. The van der Waals surface area contributed by atoms with Crippen LogP contribution in [0.2, 0.25) is 0 Å². The quantitative estimate of drug-likeness (QED) is 0.406. The first-order valence-electron chi connectivity index (χ1n) is 8.44. The van der Waals surface area contributed by atoms with Gasteiger partial charge in [0.1, 0.15) is 9.75 Å². The number of halogens is 4. The van der Waals surface area contributed by atoms with Crippen LogP contribution < -0.4 is 0 Å². The molecular formula is C21H14Cl4OS2. The second-order valence-corrected chi connectivity index (χ2v) is 10.4. The van der Waals surface area contributed by atoms with Crippen LogP contribution in [-0.2, 0) is 14.5 Å². The number of hydrogen-bond donors (Lipinski definition) is 0. The van der Waals surface area contributed by atoms with Gasteiger partial charge in [-0.3, -0.25) is 4.79 Å². The lowest BCUT2D eigenvalue weighted by molar-refractivity contribution is -0.125. The van der Waals surface area contributed by atoms with E-state index in [0.29, 0.717) is 10.1 Å². The summed E-state index contributed by atoms with van der Waals surface area (Å²) in [5, 5.41) is 8.71. The van der Waals surface area contributed by atoms with Crippen LogP contribution >= 0.6 is 69.1 Å². The Balaban J connectivity index is 1.80. The van der Waals surface area contributed by atoms with Crippen molar-refractivity contribution < 1.29 is 4.79 Å². The Morgan fingerprint density at radius 3 is 1.61 bits per heavy atom. The van der Waals surface area contributed by atoms with Gasteiger partial charge in [0.05, 0.1) is 11.8 Å². The third kappa shape index (κ3) is 3.47. The van der Waals surface area contributed by atoms with E-state index in [4.69, 9.17) is 46.4 Å². The van der Waals surface area contributed by atoms with Crippen LogP contribution in [-0.4, -0.2) is 5.78 Å². The van der Waals surface area contributed by atoms with Crippen LogP contribution in [0.3, 0.4) is 0 Å². The van der Waals surface area contributed by atoms with Gasteiger partial charge in [0.15, 0.2) is 5.78 Å². The van der Waals surface area contributed by atoms with Crippen LogP contribution in [0.4, 0.5) is 0 Å². The van der Waals surface area contributed by atoms with Crippen molar-refractivity contribution in [1.82, 2.24) is 0 Å². The molecule has 0 fully saturated rings. The first-order valence-corrected chi connectivity index (χ1v) is 11.8. The molecule has 28 heavy (non-hydrogen) atoms. The Bertz CT molecular complexity index is 923. The SMILES string of the molecule is O=C(C1C=C(Cl)C=CC1(Cl)c1ccsc1)C1C=C(Cl)C=CC1(Cl)c1ccsc1. The average Bonchev–Trinajstić information content (AvgIpc) is 3.39.